The summed E-state index contributed by atoms with van der Waals surface area (Å²) >= 11 is 12.2. The van der Waals surface area contributed by atoms with Crippen molar-refractivity contribution in [3.05, 3.63) is 71.8 Å². The summed E-state index contributed by atoms with van der Waals surface area (Å²) in [5.74, 6) is -0.437. The van der Waals surface area contributed by atoms with E-state index in [1.807, 2.05) is 12.1 Å². The van der Waals surface area contributed by atoms with E-state index >= 15 is 0 Å². The zero-order valence-corrected chi connectivity index (χ0v) is 12.7. The molecular weight excluding hydrogens is 307 g/mol. The van der Waals surface area contributed by atoms with Crippen LogP contribution >= 0.6 is 23.2 Å². The van der Waals surface area contributed by atoms with Crippen LogP contribution < -0.4 is 0 Å². The Bertz CT molecular complexity index is 556. The molecule has 0 bridgehead atoms. The van der Waals surface area contributed by atoms with Crippen molar-refractivity contribution in [3.8, 4) is 0 Å². The predicted molar refractivity (Wildman–Crippen MR) is 85.4 cm³/mol. The van der Waals surface area contributed by atoms with Crippen LogP contribution in [0.5, 0.6) is 0 Å². The van der Waals surface area contributed by atoms with Gasteiger partial charge in [-0.05, 0) is 6.42 Å². The number of hydrogen-bond acceptors (Lipinski definition) is 2. The van der Waals surface area contributed by atoms with Crippen LogP contribution in [0.4, 0.5) is 0 Å². The third kappa shape index (κ3) is 4.16. The summed E-state index contributed by atoms with van der Waals surface area (Å²) in [5, 5.41) is -1.63. The van der Waals surface area contributed by atoms with Gasteiger partial charge < -0.3 is 0 Å². The summed E-state index contributed by atoms with van der Waals surface area (Å²) in [7, 11) is 0. The quantitative estimate of drug-likeness (QED) is 0.585. The van der Waals surface area contributed by atoms with E-state index < -0.39 is 10.8 Å². The molecule has 0 aliphatic rings. The van der Waals surface area contributed by atoms with E-state index in [1.54, 1.807) is 48.5 Å². The van der Waals surface area contributed by atoms with Crippen molar-refractivity contribution in [2.45, 2.75) is 17.2 Å². The van der Waals surface area contributed by atoms with Crippen molar-refractivity contribution in [1.82, 2.24) is 0 Å². The van der Waals surface area contributed by atoms with Gasteiger partial charge in [0.15, 0.2) is 11.6 Å². The average molecular weight is 321 g/mol. The minimum absolute atomic E-state index is 0.102. The molecule has 0 N–H and O–H groups in total. The van der Waals surface area contributed by atoms with Gasteiger partial charge in [-0.1, -0.05) is 60.7 Å². The van der Waals surface area contributed by atoms with Gasteiger partial charge in [-0.3, -0.25) is 9.59 Å². The number of hydrogen-bond donors (Lipinski definition) is 0. The Balaban J connectivity index is 2.01. The molecule has 21 heavy (non-hydrogen) atoms. The fraction of sp³-hybridized carbons (Fsp3) is 0.176. The molecule has 0 saturated carbocycles. The molecule has 0 unspecified atom stereocenters. The van der Waals surface area contributed by atoms with Crippen LogP contribution in [-0.4, -0.2) is 22.3 Å². The zero-order chi connectivity index (χ0) is 15.2. The molecule has 0 radical (unpaired) electrons. The second kappa shape index (κ2) is 7.39. The van der Waals surface area contributed by atoms with Crippen LogP contribution in [0.3, 0.4) is 0 Å². The standard InChI is InChI=1S/C17H14Cl2O2/c18-14(16(20)12-7-3-1-4-8-12)11-15(19)17(21)13-9-5-2-6-10-13/h1-10,14-15H,11H2/t14-,15-/m1/s1. The third-order valence-corrected chi connectivity index (χ3v) is 3.85. The van der Waals surface area contributed by atoms with E-state index in [9.17, 15) is 9.59 Å². The van der Waals surface area contributed by atoms with Gasteiger partial charge in [-0.25, -0.2) is 0 Å². The number of halogens is 2. The molecule has 0 amide bonds. The van der Waals surface area contributed by atoms with Crippen LogP contribution in [0, 0.1) is 0 Å². The second-order valence-corrected chi connectivity index (χ2v) is 5.68. The van der Waals surface area contributed by atoms with Crippen molar-refractivity contribution in [3.63, 3.8) is 0 Å². The number of carbonyl (C=O) groups excluding carboxylic acids is 2. The minimum Gasteiger partial charge on any atom is -0.293 e. The van der Waals surface area contributed by atoms with Gasteiger partial charge in [0.2, 0.25) is 0 Å². The average Bonchev–Trinajstić information content (AvgIpc) is 2.55. The molecule has 0 heterocycles. The van der Waals surface area contributed by atoms with Crippen molar-refractivity contribution in [1.29, 1.82) is 0 Å². The molecule has 0 aliphatic carbocycles. The Kier molecular flexibility index (Phi) is 5.54. The van der Waals surface area contributed by atoms with Crippen molar-refractivity contribution < 1.29 is 9.59 Å². The maximum Gasteiger partial charge on any atom is 0.180 e. The van der Waals surface area contributed by atoms with E-state index in [0.717, 1.165) is 0 Å². The van der Waals surface area contributed by atoms with Crippen LogP contribution in [0.1, 0.15) is 27.1 Å². The molecule has 0 aliphatic heterocycles. The first kappa shape index (κ1) is 15.7. The molecule has 2 aromatic rings. The number of ketones is 2. The van der Waals surface area contributed by atoms with Gasteiger partial charge >= 0.3 is 0 Å². The largest absolute Gasteiger partial charge is 0.293 e. The Hall–Kier alpha value is -1.64. The molecule has 2 nitrogen and oxygen atoms in total. The fourth-order valence-corrected chi connectivity index (χ4v) is 2.66. The van der Waals surface area contributed by atoms with E-state index in [0.29, 0.717) is 11.1 Å². The van der Waals surface area contributed by atoms with E-state index in [1.165, 1.54) is 0 Å². The first-order valence-corrected chi connectivity index (χ1v) is 7.43. The van der Waals surface area contributed by atoms with Crippen molar-refractivity contribution >= 4 is 34.8 Å². The van der Waals surface area contributed by atoms with Crippen LogP contribution in [0.15, 0.2) is 60.7 Å². The molecule has 0 saturated heterocycles. The first-order chi connectivity index (χ1) is 10.1. The van der Waals surface area contributed by atoms with Gasteiger partial charge in [0.05, 0.1) is 10.8 Å². The molecule has 108 valence electrons. The maximum absolute atomic E-state index is 12.1. The van der Waals surface area contributed by atoms with Gasteiger partial charge in [0.25, 0.3) is 0 Å². The van der Waals surface area contributed by atoms with E-state index in [2.05, 4.69) is 0 Å². The second-order valence-electron chi connectivity index (χ2n) is 4.63. The van der Waals surface area contributed by atoms with Gasteiger partial charge in [-0.2, -0.15) is 0 Å². The first-order valence-electron chi connectivity index (χ1n) is 6.56. The molecule has 0 aromatic heterocycles. The van der Waals surface area contributed by atoms with Crippen LogP contribution in [0.2, 0.25) is 0 Å². The van der Waals surface area contributed by atoms with E-state index in [4.69, 9.17) is 23.2 Å². The Morgan fingerprint density at radius 3 is 1.38 bits per heavy atom. The molecular formula is C17H14Cl2O2. The summed E-state index contributed by atoms with van der Waals surface area (Å²) in [6.45, 7) is 0. The number of alkyl halides is 2. The van der Waals surface area contributed by atoms with Gasteiger partial charge in [-0.15, -0.1) is 23.2 Å². The molecule has 2 aromatic carbocycles. The number of rotatable bonds is 6. The highest BCUT2D eigenvalue weighted by atomic mass is 35.5. The Labute approximate surface area is 133 Å². The monoisotopic (exact) mass is 320 g/mol. The lowest BCUT2D eigenvalue weighted by Gasteiger charge is -2.13. The highest BCUT2D eigenvalue weighted by molar-refractivity contribution is 6.37. The van der Waals surface area contributed by atoms with Crippen LogP contribution in [-0.2, 0) is 0 Å². The summed E-state index contributed by atoms with van der Waals surface area (Å²) in [4.78, 5) is 24.3. The fourth-order valence-electron chi connectivity index (χ4n) is 1.96. The lowest BCUT2D eigenvalue weighted by molar-refractivity contribution is 0.0963. The number of carbonyl (C=O) groups is 2. The SMILES string of the molecule is O=C(c1ccccc1)[C@H](Cl)C[C@@H](Cl)C(=O)c1ccccc1. The highest BCUT2D eigenvalue weighted by Gasteiger charge is 2.25. The molecule has 0 spiro atoms. The minimum atomic E-state index is -0.817. The van der Waals surface area contributed by atoms with Gasteiger partial charge in [0, 0.05) is 11.1 Å². The molecule has 4 heteroatoms. The summed E-state index contributed by atoms with van der Waals surface area (Å²) in [5.41, 5.74) is 1.04. The predicted octanol–water partition coefficient (Wildman–Crippen LogP) is 4.36. The molecule has 2 rings (SSSR count). The number of benzene rings is 2. The molecule has 0 fully saturated rings. The van der Waals surface area contributed by atoms with Crippen molar-refractivity contribution in [2.75, 3.05) is 0 Å². The number of Topliss-reactive ketones (excluding diaryl/α,β-unsaturated/α-hetero) is 2. The summed E-state index contributed by atoms with van der Waals surface area (Å²) in [6.07, 6.45) is 0.102. The van der Waals surface area contributed by atoms with Gasteiger partial charge in [0.1, 0.15) is 0 Å². The maximum atomic E-state index is 12.1. The smallest absolute Gasteiger partial charge is 0.180 e. The van der Waals surface area contributed by atoms with E-state index in [-0.39, 0.29) is 18.0 Å². The zero-order valence-electron chi connectivity index (χ0n) is 11.2. The summed E-state index contributed by atoms with van der Waals surface area (Å²) in [6, 6.07) is 17.5. The summed E-state index contributed by atoms with van der Waals surface area (Å²) < 4.78 is 0. The van der Waals surface area contributed by atoms with Crippen LogP contribution in [0.25, 0.3) is 0 Å². The Morgan fingerprint density at radius 1 is 0.714 bits per heavy atom. The lowest BCUT2D eigenvalue weighted by Crippen LogP contribution is -2.24. The Morgan fingerprint density at radius 2 is 1.05 bits per heavy atom. The molecule has 2 atom stereocenters. The third-order valence-electron chi connectivity index (χ3n) is 3.10. The normalized spacial score (nSPS) is 13.4. The topological polar surface area (TPSA) is 34.1 Å². The van der Waals surface area contributed by atoms with Crippen molar-refractivity contribution in [2.24, 2.45) is 0 Å². The highest BCUT2D eigenvalue weighted by Crippen LogP contribution is 2.19. The lowest BCUT2D eigenvalue weighted by atomic mass is 10.0.